The van der Waals surface area contributed by atoms with Crippen LogP contribution in [0.5, 0.6) is 0 Å². The maximum atomic E-state index is 12.1. The van der Waals surface area contributed by atoms with E-state index >= 15 is 0 Å². The van der Waals surface area contributed by atoms with Crippen molar-refractivity contribution in [3.05, 3.63) is 81.0 Å². The Bertz CT molecular complexity index is 1250. The molecule has 3 aromatic rings. The monoisotopic (exact) mass is 553 g/mol. The third-order valence-electron chi connectivity index (χ3n) is 6.60. The Hall–Kier alpha value is -2.15. The van der Waals surface area contributed by atoms with Crippen molar-refractivity contribution >= 4 is 56.2 Å². The molecule has 4 rings (SSSR count). The Balaban J connectivity index is 1.57. The summed E-state index contributed by atoms with van der Waals surface area (Å²) in [6.45, 7) is 7.91. The molecule has 0 bridgehead atoms. The molecule has 0 radical (unpaired) electrons. The van der Waals surface area contributed by atoms with Gasteiger partial charge in [-0.25, -0.2) is 0 Å². The molecule has 0 unspecified atom stereocenters. The van der Waals surface area contributed by atoms with Crippen molar-refractivity contribution in [2.45, 2.75) is 59.4 Å². The number of anilines is 1. The quantitative estimate of drug-likeness (QED) is 0.180. The number of aryl methyl sites for hydroxylation is 1. The van der Waals surface area contributed by atoms with Gasteiger partial charge in [-0.3, -0.25) is 9.78 Å². The number of rotatable bonds is 12. The highest BCUT2D eigenvalue weighted by Gasteiger charge is 2.19. The zero-order chi connectivity index (χ0) is 26.2. The maximum absolute atomic E-state index is 12.1. The normalized spacial score (nSPS) is 13.9. The zero-order valence-electron chi connectivity index (χ0n) is 21.9. The predicted molar refractivity (Wildman–Crippen MR) is 162 cm³/mol. The molecule has 1 heterocycles. The molecule has 0 atom stereocenters. The second-order valence-corrected chi connectivity index (χ2v) is 12.8. The third-order valence-corrected chi connectivity index (χ3v) is 9.82. The van der Waals surface area contributed by atoms with Crippen LogP contribution in [0.25, 0.3) is 10.9 Å². The van der Waals surface area contributed by atoms with Crippen molar-refractivity contribution < 1.29 is 4.79 Å². The molecular weight excluding hydrogens is 518 g/mol. The minimum atomic E-state index is 0.575. The van der Waals surface area contributed by atoms with Gasteiger partial charge in [-0.15, -0.1) is 0 Å². The number of carbonyl (C=O) groups is 1. The highest BCUT2D eigenvalue weighted by Crippen LogP contribution is 2.38. The van der Waals surface area contributed by atoms with Gasteiger partial charge < -0.3 is 10.2 Å². The van der Waals surface area contributed by atoms with E-state index in [1.54, 1.807) is 0 Å². The van der Waals surface area contributed by atoms with E-state index in [2.05, 4.69) is 44.3 Å². The largest absolute Gasteiger partial charge is 0.384 e. The summed E-state index contributed by atoms with van der Waals surface area (Å²) in [7, 11) is 3.68. The summed E-state index contributed by atoms with van der Waals surface area (Å²) in [4.78, 5) is 20.1. The number of nitrogens with one attached hydrogen (secondary N) is 1. The van der Waals surface area contributed by atoms with Crippen LogP contribution in [0.1, 0.15) is 56.9 Å². The van der Waals surface area contributed by atoms with Crippen LogP contribution < -0.4 is 5.32 Å². The number of amides is 1. The smallest absolute Gasteiger partial charge is 0.214 e. The Morgan fingerprint density at radius 1 is 1.16 bits per heavy atom. The van der Waals surface area contributed by atoms with E-state index in [1.807, 2.05) is 56.8 Å². The van der Waals surface area contributed by atoms with Crippen LogP contribution in [0.3, 0.4) is 0 Å². The Kier molecular flexibility index (Phi) is 10.2. The first-order valence-corrected chi connectivity index (χ1v) is 15.8. The second-order valence-electron chi connectivity index (χ2n) is 9.95. The molecule has 0 spiro atoms. The summed E-state index contributed by atoms with van der Waals surface area (Å²) in [5.74, 6) is 1.68. The van der Waals surface area contributed by atoms with Crippen LogP contribution >= 0.6 is 33.2 Å². The highest BCUT2D eigenvalue weighted by molar-refractivity contribution is 8.78. The molecule has 37 heavy (non-hydrogen) atoms. The van der Waals surface area contributed by atoms with Gasteiger partial charge in [0, 0.05) is 44.7 Å². The lowest BCUT2D eigenvalue weighted by Crippen LogP contribution is -2.21. The molecular formula is C30H36ClN3OS2. The van der Waals surface area contributed by atoms with Gasteiger partial charge in [0.15, 0.2) is 0 Å². The van der Waals surface area contributed by atoms with Crippen LogP contribution in [-0.4, -0.2) is 28.6 Å². The van der Waals surface area contributed by atoms with Gasteiger partial charge in [0.05, 0.1) is 12.1 Å². The molecule has 196 valence electrons. The molecule has 1 amide bonds. The topological polar surface area (TPSA) is 45.2 Å². The summed E-state index contributed by atoms with van der Waals surface area (Å²) in [6.07, 6.45) is 6.26. The fourth-order valence-corrected chi connectivity index (χ4v) is 7.73. The van der Waals surface area contributed by atoms with E-state index in [9.17, 15) is 4.79 Å². The molecule has 0 fully saturated rings. The Morgan fingerprint density at radius 3 is 2.70 bits per heavy atom. The van der Waals surface area contributed by atoms with Crippen molar-refractivity contribution in [1.82, 2.24) is 9.88 Å². The first-order valence-electron chi connectivity index (χ1n) is 13.1. The molecule has 1 aromatic heterocycles. The van der Waals surface area contributed by atoms with Gasteiger partial charge in [-0.2, -0.15) is 0 Å². The summed E-state index contributed by atoms with van der Waals surface area (Å²) >= 11 is 6.30. The molecule has 1 aliphatic carbocycles. The van der Waals surface area contributed by atoms with E-state index in [0.29, 0.717) is 17.5 Å². The van der Waals surface area contributed by atoms with Crippen LogP contribution in [0.4, 0.5) is 5.69 Å². The van der Waals surface area contributed by atoms with Gasteiger partial charge >= 0.3 is 0 Å². The zero-order valence-corrected chi connectivity index (χ0v) is 24.3. The summed E-state index contributed by atoms with van der Waals surface area (Å²) in [5.41, 5.74) is 6.86. The Labute approximate surface area is 234 Å². The molecule has 0 saturated carbocycles. The standard InChI is InChI=1S/C30H36ClN3OS2/c1-21(2)19-36-37-29(22(3)34(20-35)18-23-9-5-4-6-10-23)15-16-32-30-25-11-7-8-12-27(25)33-28-17-24(31)13-14-26(28)30/h4-6,9-10,13-14,17,20-21H,7-8,11-12,15-16,18-19H2,1-3H3,(H,32,33). The average molecular weight is 554 g/mol. The molecule has 4 nitrogen and oxygen atoms in total. The second kappa shape index (κ2) is 13.6. The van der Waals surface area contributed by atoms with E-state index in [4.69, 9.17) is 16.6 Å². The highest BCUT2D eigenvalue weighted by atomic mass is 35.5. The van der Waals surface area contributed by atoms with Gasteiger partial charge in [0.1, 0.15) is 0 Å². The third kappa shape index (κ3) is 7.46. The number of allylic oxidation sites excluding steroid dienone is 1. The molecule has 0 saturated heterocycles. The summed E-state index contributed by atoms with van der Waals surface area (Å²) < 4.78 is 0. The SMILES string of the molecule is CC(=C(CCNc1c2c(nc3cc(Cl)ccc13)CCCC2)SSCC(C)C)N(C=O)Cc1ccccc1. The number of halogens is 1. The molecule has 1 aliphatic rings. The molecule has 0 aliphatic heterocycles. The number of hydrogen-bond acceptors (Lipinski definition) is 5. The molecule has 2 aromatic carbocycles. The number of pyridine rings is 1. The van der Waals surface area contributed by atoms with Crippen molar-refractivity contribution in [2.24, 2.45) is 5.92 Å². The van der Waals surface area contributed by atoms with Crippen molar-refractivity contribution in [3.63, 3.8) is 0 Å². The van der Waals surface area contributed by atoms with Crippen LogP contribution in [0.2, 0.25) is 5.02 Å². The number of benzene rings is 2. The number of nitrogens with zero attached hydrogens (tertiary/aromatic N) is 2. The van der Waals surface area contributed by atoms with Crippen molar-refractivity contribution in [2.75, 3.05) is 17.6 Å². The van der Waals surface area contributed by atoms with Crippen LogP contribution in [-0.2, 0) is 24.2 Å². The average Bonchev–Trinajstić information content (AvgIpc) is 2.90. The first kappa shape index (κ1) is 27.9. The summed E-state index contributed by atoms with van der Waals surface area (Å²) in [5, 5.41) is 5.63. The molecule has 1 N–H and O–H groups in total. The maximum Gasteiger partial charge on any atom is 0.214 e. The van der Waals surface area contributed by atoms with E-state index in [-0.39, 0.29) is 0 Å². The number of aromatic nitrogens is 1. The lowest BCUT2D eigenvalue weighted by Gasteiger charge is -2.24. The minimum absolute atomic E-state index is 0.575. The van der Waals surface area contributed by atoms with E-state index in [1.165, 1.54) is 34.7 Å². The van der Waals surface area contributed by atoms with E-state index in [0.717, 1.165) is 60.1 Å². The van der Waals surface area contributed by atoms with Gasteiger partial charge in [-0.05, 0) is 74.3 Å². The minimum Gasteiger partial charge on any atom is -0.384 e. The lowest BCUT2D eigenvalue weighted by atomic mass is 9.92. The van der Waals surface area contributed by atoms with Crippen LogP contribution in [0, 0.1) is 5.92 Å². The first-order chi connectivity index (χ1) is 18.0. The Morgan fingerprint density at radius 2 is 1.95 bits per heavy atom. The van der Waals surface area contributed by atoms with Gasteiger partial charge in [0.25, 0.3) is 0 Å². The number of fused-ring (bicyclic) bond motifs is 2. The van der Waals surface area contributed by atoms with Gasteiger partial charge in [-0.1, -0.05) is 77.4 Å². The van der Waals surface area contributed by atoms with Crippen molar-refractivity contribution in [3.8, 4) is 0 Å². The summed E-state index contributed by atoms with van der Waals surface area (Å²) in [6, 6.07) is 16.2. The molecule has 7 heteroatoms. The predicted octanol–water partition coefficient (Wildman–Crippen LogP) is 8.50. The number of hydrogen-bond donors (Lipinski definition) is 1. The van der Waals surface area contributed by atoms with Gasteiger partial charge in [0.2, 0.25) is 6.41 Å². The number of carbonyl (C=O) groups excluding carboxylic acids is 1. The fourth-order valence-electron chi connectivity index (χ4n) is 4.60. The van der Waals surface area contributed by atoms with Crippen LogP contribution in [0.15, 0.2) is 59.1 Å². The van der Waals surface area contributed by atoms with E-state index < -0.39 is 0 Å². The van der Waals surface area contributed by atoms with Crippen molar-refractivity contribution in [1.29, 1.82) is 0 Å². The lowest BCUT2D eigenvalue weighted by molar-refractivity contribution is -0.116. The fraction of sp³-hybridized carbons (Fsp3) is 0.400.